The van der Waals surface area contributed by atoms with Gasteiger partial charge in [0.25, 0.3) is 0 Å². The Kier molecular flexibility index (Phi) is 17.6. The number of aromatic nitrogens is 7. The average Bonchev–Trinajstić information content (AvgIpc) is 4.03. The zero-order valence-corrected chi connectivity index (χ0v) is 49.2. The van der Waals surface area contributed by atoms with Crippen LogP contribution in [0.5, 0.6) is 0 Å². The Balaban J connectivity index is 0.000000158. The van der Waals surface area contributed by atoms with Crippen molar-refractivity contribution in [2.24, 2.45) is 0 Å². The minimum atomic E-state index is -1.00. The molecule has 14 rings (SSSR count). The quantitative estimate of drug-likeness (QED) is 0.148. The number of benzene rings is 10. The maximum atomic E-state index is 9.96. The molecule has 0 spiro atoms. The molecule has 0 aliphatic heterocycles. The number of halogens is 4. The van der Waals surface area contributed by atoms with Crippen LogP contribution in [-0.2, 0) is 6.42 Å². The first-order valence-electron chi connectivity index (χ1n) is 26.0. The van der Waals surface area contributed by atoms with E-state index in [1.165, 1.54) is 37.9 Å². The van der Waals surface area contributed by atoms with E-state index in [0.717, 1.165) is 66.1 Å². The molecule has 3 heterocycles. The molecule has 384 valence electrons. The van der Waals surface area contributed by atoms with Crippen LogP contribution in [0.25, 0.3) is 107 Å². The first kappa shape index (κ1) is 54.2. The molecule has 80 heavy (non-hydrogen) atoms. The number of rotatable bonds is 7. The fourth-order valence-electron chi connectivity index (χ4n) is 9.69. The van der Waals surface area contributed by atoms with Crippen molar-refractivity contribution >= 4 is 65.3 Å². The van der Waals surface area contributed by atoms with E-state index >= 15 is 0 Å². The van der Waals surface area contributed by atoms with Gasteiger partial charge in [-0.1, -0.05) is 253 Å². The van der Waals surface area contributed by atoms with Gasteiger partial charge in [0.1, 0.15) is 0 Å². The van der Waals surface area contributed by atoms with Gasteiger partial charge in [-0.15, -0.1) is 0 Å². The van der Waals surface area contributed by atoms with E-state index in [-0.39, 0.29) is 36.3 Å². The molecule has 0 amide bonds. The molecule has 0 N–H and O–H groups in total. The number of fused-ring (bicyclic) bond motifs is 6. The van der Waals surface area contributed by atoms with Crippen LogP contribution in [-0.4, -0.2) is 41.6 Å². The van der Waals surface area contributed by atoms with E-state index in [0.29, 0.717) is 29.2 Å². The number of alkyl halides is 1. The molecular weight excluding hydrogens is 1150 g/mol. The molecule has 0 bridgehead atoms. The number of para-hydroxylation sites is 2. The van der Waals surface area contributed by atoms with Gasteiger partial charge < -0.3 is 1.43 Å². The summed E-state index contributed by atoms with van der Waals surface area (Å²) in [5, 5.41) is 2.49. The van der Waals surface area contributed by atoms with E-state index in [4.69, 9.17) is 27.9 Å². The Hall–Kier alpha value is -7.80. The maximum Gasteiger partial charge on any atom is 1.00 e. The molecule has 7 nitrogen and oxygen atoms in total. The molecule has 0 saturated carbocycles. The summed E-state index contributed by atoms with van der Waals surface area (Å²) in [5.74, 6) is 2.99. The van der Waals surface area contributed by atoms with E-state index in [1.54, 1.807) is 0 Å². The van der Waals surface area contributed by atoms with E-state index in [1.807, 2.05) is 103 Å². The fraction of sp³-hybridized carbons (Fsp3) is 0.0294. The van der Waals surface area contributed by atoms with Gasteiger partial charge in [-0.3, -0.25) is 8.96 Å². The summed E-state index contributed by atoms with van der Waals surface area (Å²) in [6.45, 7) is 0. The molecule has 0 atom stereocenters. The summed E-state index contributed by atoms with van der Waals surface area (Å²) < 4.78 is 19.8. The Morgan fingerprint density at radius 1 is 0.412 bits per heavy atom. The van der Waals surface area contributed by atoms with Crippen LogP contribution in [0, 0.1) is 0 Å². The van der Waals surface area contributed by atoms with Crippen molar-refractivity contribution in [2.75, 3.05) is 7.15 Å². The third-order valence-electron chi connectivity index (χ3n) is 13.4. The van der Waals surface area contributed by atoms with Crippen molar-refractivity contribution in [2.45, 2.75) is 6.42 Å². The van der Waals surface area contributed by atoms with Gasteiger partial charge in [0, 0.05) is 42.0 Å². The second kappa shape index (κ2) is 26.0. The molecule has 0 fully saturated rings. The SMILES string of the molecule is Brc1cccc2c1Cc1ccccc1-2.Brc1cccc2c3ccccc3n(-c3nc(-c4ccccc4)nc(-c4ccc(-c5ccccc5)cc4)n3)c12.Clc1nc(-c2ccccc2)nc(-c2ccc(-c3ccccc3)cc2)n1.[2H]CF.[H-].[Na+]. The predicted molar refractivity (Wildman–Crippen MR) is 330 cm³/mol. The third-order valence-corrected chi connectivity index (χ3v) is 15.0. The van der Waals surface area contributed by atoms with Gasteiger partial charge in [0.05, 0.1) is 19.6 Å². The summed E-state index contributed by atoms with van der Waals surface area (Å²) in [4.78, 5) is 28.0. The normalized spacial score (nSPS) is 11.1. The smallest absolute Gasteiger partial charge is 1.00 e. The van der Waals surface area contributed by atoms with Gasteiger partial charge in [0.2, 0.25) is 11.2 Å². The Labute approximate surface area is 510 Å². The molecule has 0 unspecified atom stereocenters. The van der Waals surface area contributed by atoms with Crippen LogP contribution in [0.1, 0.15) is 13.9 Å². The Morgan fingerprint density at radius 3 is 1.32 bits per heavy atom. The van der Waals surface area contributed by atoms with Crippen LogP contribution >= 0.6 is 43.5 Å². The van der Waals surface area contributed by atoms with Gasteiger partial charge in [0.15, 0.2) is 23.3 Å². The van der Waals surface area contributed by atoms with E-state index in [9.17, 15) is 4.39 Å². The van der Waals surface area contributed by atoms with Crippen molar-refractivity contribution < 1.29 is 36.7 Å². The van der Waals surface area contributed by atoms with Crippen molar-refractivity contribution in [1.29, 1.82) is 0 Å². The standard InChI is InChI=1S/C33H21BrN4.C21H14ClN3.C13H9Br.CH3F.Na.H/c34-28-16-9-15-27-26-14-7-8-17-29(26)38(30(27)28)33-36-31(24-12-5-2-6-13-24)35-32(37-33)25-20-18-23(19-21-25)22-10-3-1-4-11-22;22-21-24-19(17-9-5-2-6-10-17)23-20(25-21)18-13-11-16(12-14-18)15-7-3-1-4-8-15;14-13-7-3-6-11-10-5-2-1-4-9(10)8-12(11)13;1-2;;/h1-21H;1-14H;1-7H,8H2;1H3;;/q;;;;+1;-1/i;;;1D;;. The molecule has 0 radical (unpaired) electrons. The Morgan fingerprint density at radius 2 is 0.787 bits per heavy atom. The summed E-state index contributed by atoms with van der Waals surface area (Å²) >= 11 is 13.5. The molecule has 3 aromatic heterocycles. The van der Waals surface area contributed by atoms with Gasteiger partial charge in [-0.2, -0.15) is 19.9 Å². The number of nitrogens with zero attached hydrogens (tertiary/aromatic N) is 7. The predicted octanol–water partition coefficient (Wildman–Crippen LogP) is 16.0. The molecular formula is C68H48Br2ClFN7Na. The van der Waals surface area contributed by atoms with Crippen molar-refractivity contribution in [3.05, 3.63) is 280 Å². The van der Waals surface area contributed by atoms with Crippen LogP contribution in [0.2, 0.25) is 5.28 Å². The molecule has 12 heteroatoms. The fourth-order valence-corrected chi connectivity index (χ4v) is 10.9. The topological polar surface area (TPSA) is 82.3 Å². The zero-order valence-electron chi connectivity index (χ0n) is 45.3. The van der Waals surface area contributed by atoms with Crippen molar-refractivity contribution in [3.8, 4) is 84.9 Å². The summed E-state index contributed by atoms with van der Waals surface area (Å²) in [6.07, 6.45) is 1.06. The molecule has 1 aliphatic rings. The zero-order chi connectivity index (χ0) is 54.8. The van der Waals surface area contributed by atoms with Gasteiger partial charge >= 0.3 is 29.6 Å². The first-order chi connectivity index (χ1) is 39.3. The van der Waals surface area contributed by atoms with Crippen LogP contribution in [0.4, 0.5) is 4.39 Å². The molecule has 0 saturated heterocycles. The summed E-state index contributed by atoms with van der Waals surface area (Å²) in [5.41, 5.74) is 16.1. The van der Waals surface area contributed by atoms with Crippen LogP contribution in [0.3, 0.4) is 0 Å². The second-order valence-electron chi connectivity index (χ2n) is 18.2. The average molecular weight is 1200 g/mol. The second-order valence-corrected chi connectivity index (χ2v) is 20.3. The maximum absolute atomic E-state index is 9.96. The first-order valence-corrected chi connectivity index (χ1v) is 27.3. The van der Waals surface area contributed by atoms with E-state index < -0.39 is 7.15 Å². The summed E-state index contributed by atoms with van der Waals surface area (Å²) in [7, 11) is -1.00. The van der Waals surface area contributed by atoms with Crippen LogP contribution in [0.15, 0.2) is 264 Å². The summed E-state index contributed by atoms with van der Waals surface area (Å²) in [6, 6.07) is 86.6. The van der Waals surface area contributed by atoms with Crippen molar-refractivity contribution in [1.82, 2.24) is 34.5 Å². The minimum absolute atomic E-state index is 0. The van der Waals surface area contributed by atoms with Crippen LogP contribution < -0.4 is 29.6 Å². The molecule has 10 aromatic carbocycles. The monoisotopic (exact) mass is 1200 g/mol. The number of hydrogen-bond acceptors (Lipinski definition) is 6. The van der Waals surface area contributed by atoms with Gasteiger partial charge in [-0.05, 0) is 96.7 Å². The molecule has 1 aliphatic carbocycles. The molecule has 13 aromatic rings. The van der Waals surface area contributed by atoms with Gasteiger partial charge in [-0.25, -0.2) is 9.97 Å². The third kappa shape index (κ3) is 12.2. The largest absolute Gasteiger partial charge is 1.00 e. The Bertz CT molecular complexity index is 4250. The van der Waals surface area contributed by atoms with E-state index in [2.05, 4.69) is 203 Å². The number of hydrogen-bond donors (Lipinski definition) is 0. The minimum Gasteiger partial charge on any atom is -1.00 e. The van der Waals surface area contributed by atoms with Crippen molar-refractivity contribution in [3.63, 3.8) is 0 Å².